The largest absolute Gasteiger partial charge is 0.493 e. The maximum Gasteiger partial charge on any atom is 0.298 e. The molecule has 168 valence electrons. The van der Waals surface area contributed by atoms with E-state index in [0.717, 1.165) is 31.4 Å². The number of hydrogen-bond acceptors (Lipinski definition) is 5. The molecule has 5 nitrogen and oxygen atoms in total. The maximum atomic E-state index is 12.9. The van der Waals surface area contributed by atoms with E-state index in [4.69, 9.17) is 21.1 Å². The second-order valence-electron chi connectivity index (χ2n) is 7.31. The topological polar surface area (TPSA) is 55.8 Å². The van der Waals surface area contributed by atoms with Crippen LogP contribution in [0.3, 0.4) is 0 Å². The van der Waals surface area contributed by atoms with Crippen LogP contribution in [0.15, 0.2) is 65.6 Å². The summed E-state index contributed by atoms with van der Waals surface area (Å²) in [5.74, 6) is 0.791. The Morgan fingerprint density at radius 1 is 1.09 bits per heavy atom. The number of carbonyl (C=O) groups is 2. The van der Waals surface area contributed by atoms with E-state index >= 15 is 0 Å². The van der Waals surface area contributed by atoms with E-state index in [-0.39, 0.29) is 11.1 Å². The van der Waals surface area contributed by atoms with Crippen molar-refractivity contribution in [3.63, 3.8) is 0 Å². The summed E-state index contributed by atoms with van der Waals surface area (Å²) in [6, 6.07) is 18.5. The highest BCUT2D eigenvalue weighted by Gasteiger charge is 2.36. The predicted octanol–water partition coefficient (Wildman–Crippen LogP) is 7.08. The van der Waals surface area contributed by atoms with Gasteiger partial charge in [-0.15, -0.1) is 0 Å². The van der Waals surface area contributed by atoms with Crippen LogP contribution < -0.4 is 14.4 Å². The van der Waals surface area contributed by atoms with Crippen LogP contribution in [0.1, 0.15) is 16.7 Å². The number of ether oxygens (including phenoxy) is 2. The Labute approximate surface area is 214 Å². The third-order valence-corrected chi connectivity index (χ3v) is 6.78. The van der Waals surface area contributed by atoms with E-state index in [1.54, 1.807) is 43.5 Å². The van der Waals surface area contributed by atoms with Gasteiger partial charge >= 0.3 is 0 Å². The molecule has 33 heavy (non-hydrogen) atoms. The normalized spacial score (nSPS) is 14.8. The van der Waals surface area contributed by atoms with Crippen molar-refractivity contribution in [3.8, 4) is 11.5 Å². The molecule has 8 heteroatoms. The Bertz CT molecular complexity index is 1280. The number of methoxy groups -OCH3 is 1. The Morgan fingerprint density at radius 3 is 2.61 bits per heavy atom. The number of halogens is 2. The number of amides is 2. The molecule has 1 fully saturated rings. The zero-order chi connectivity index (χ0) is 23.5. The highest BCUT2D eigenvalue weighted by atomic mass is 127. The molecule has 3 aromatic carbocycles. The van der Waals surface area contributed by atoms with Gasteiger partial charge in [-0.05, 0) is 88.8 Å². The second kappa shape index (κ2) is 10.2. The van der Waals surface area contributed by atoms with Crippen LogP contribution in [-0.2, 0) is 11.4 Å². The highest BCUT2D eigenvalue weighted by molar-refractivity contribution is 14.1. The van der Waals surface area contributed by atoms with E-state index in [9.17, 15) is 9.59 Å². The van der Waals surface area contributed by atoms with E-state index in [0.29, 0.717) is 33.7 Å². The monoisotopic (exact) mass is 591 g/mol. The Balaban J connectivity index is 1.58. The lowest BCUT2D eigenvalue weighted by atomic mass is 10.1. The van der Waals surface area contributed by atoms with Crippen molar-refractivity contribution in [1.82, 2.24) is 0 Å². The summed E-state index contributed by atoms with van der Waals surface area (Å²) >= 11 is 9.10. The molecule has 0 radical (unpaired) electrons. The van der Waals surface area contributed by atoms with Crippen molar-refractivity contribution in [2.75, 3.05) is 12.0 Å². The van der Waals surface area contributed by atoms with Crippen LogP contribution in [0.2, 0.25) is 5.02 Å². The van der Waals surface area contributed by atoms with Gasteiger partial charge in [0.05, 0.1) is 21.3 Å². The van der Waals surface area contributed by atoms with Gasteiger partial charge < -0.3 is 9.47 Å². The Morgan fingerprint density at radius 2 is 1.88 bits per heavy atom. The molecule has 0 aliphatic carbocycles. The second-order valence-corrected chi connectivity index (χ2v) is 9.90. The van der Waals surface area contributed by atoms with Gasteiger partial charge in [0.1, 0.15) is 6.61 Å². The minimum atomic E-state index is -0.388. The lowest BCUT2D eigenvalue weighted by Gasteiger charge is -2.14. The number of nitrogens with zero attached hydrogens (tertiary/aromatic N) is 1. The smallest absolute Gasteiger partial charge is 0.298 e. The third-order valence-electron chi connectivity index (χ3n) is 4.88. The number of carbonyl (C=O) groups excluding carboxylic acids is 2. The minimum absolute atomic E-state index is 0.325. The molecule has 0 bridgehead atoms. The van der Waals surface area contributed by atoms with Crippen LogP contribution in [0.5, 0.6) is 11.5 Å². The fourth-order valence-electron chi connectivity index (χ4n) is 3.38. The lowest BCUT2D eigenvalue weighted by Crippen LogP contribution is -2.27. The van der Waals surface area contributed by atoms with Crippen molar-refractivity contribution >= 4 is 68.9 Å². The molecule has 2 amide bonds. The molecular formula is C25H19ClINO4S. The first-order valence-electron chi connectivity index (χ1n) is 9.95. The molecule has 0 saturated carbocycles. The van der Waals surface area contributed by atoms with Gasteiger partial charge in [-0.2, -0.15) is 0 Å². The lowest BCUT2D eigenvalue weighted by molar-refractivity contribution is -0.113. The molecule has 1 heterocycles. The zero-order valence-corrected chi connectivity index (χ0v) is 21.5. The van der Waals surface area contributed by atoms with Gasteiger partial charge in [0.2, 0.25) is 0 Å². The molecule has 0 spiro atoms. The number of rotatable bonds is 6. The molecule has 0 atom stereocenters. The summed E-state index contributed by atoms with van der Waals surface area (Å²) in [5.41, 5.74) is 3.41. The van der Waals surface area contributed by atoms with Crippen LogP contribution in [0.4, 0.5) is 10.5 Å². The number of thioether (sulfide) groups is 1. The van der Waals surface area contributed by atoms with Crippen LogP contribution in [-0.4, -0.2) is 18.3 Å². The van der Waals surface area contributed by atoms with E-state index in [1.165, 1.54) is 5.56 Å². The number of benzene rings is 3. The SMILES string of the molecule is COc1cc(/C=C2/SC(=O)N(c3cccc(Cl)c3)C2=O)cc(I)c1OCc1cccc(C)c1. The zero-order valence-electron chi connectivity index (χ0n) is 17.8. The van der Waals surface area contributed by atoms with Crippen molar-refractivity contribution < 1.29 is 19.1 Å². The quantitative estimate of drug-likeness (QED) is 0.227. The summed E-state index contributed by atoms with van der Waals surface area (Å²) < 4.78 is 12.4. The third kappa shape index (κ3) is 5.37. The fourth-order valence-corrected chi connectivity index (χ4v) is 5.18. The Hall–Kier alpha value is -2.49. The molecule has 1 aliphatic rings. The van der Waals surface area contributed by atoms with Gasteiger partial charge in [-0.3, -0.25) is 9.59 Å². The molecule has 1 aliphatic heterocycles. The van der Waals surface area contributed by atoms with E-state index in [1.807, 2.05) is 31.2 Å². The Kier molecular flexibility index (Phi) is 7.31. The van der Waals surface area contributed by atoms with Crippen LogP contribution in [0, 0.1) is 10.5 Å². The fraction of sp³-hybridized carbons (Fsp3) is 0.120. The summed E-state index contributed by atoms with van der Waals surface area (Å²) in [7, 11) is 1.57. The first-order valence-corrected chi connectivity index (χ1v) is 12.2. The summed E-state index contributed by atoms with van der Waals surface area (Å²) in [4.78, 5) is 26.9. The first-order chi connectivity index (χ1) is 15.9. The van der Waals surface area contributed by atoms with Gasteiger partial charge in [-0.25, -0.2) is 4.90 Å². The summed E-state index contributed by atoms with van der Waals surface area (Å²) in [6.45, 7) is 2.45. The minimum Gasteiger partial charge on any atom is -0.493 e. The molecular weight excluding hydrogens is 573 g/mol. The van der Waals surface area contributed by atoms with E-state index in [2.05, 4.69) is 28.7 Å². The first kappa shape index (κ1) is 23.7. The molecule has 0 N–H and O–H groups in total. The molecule has 0 unspecified atom stereocenters. The number of anilines is 1. The predicted molar refractivity (Wildman–Crippen MR) is 141 cm³/mol. The van der Waals surface area contributed by atoms with Gasteiger partial charge in [0.25, 0.3) is 11.1 Å². The maximum absolute atomic E-state index is 12.9. The van der Waals surface area contributed by atoms with Gasteiger partial charge in [-0.1, -0.05) is 47.5 Å². The summed E-state index contributed by atoms with van der Waals surface area (Å²) in [5, 5.41) is 0.0874. The van der Waals surface area contributed by atoms with Crippen LogP contribution in [0.25, 0.3) is 6.08 Å². The summed E-state index contributed by atoms with van der Waals surface area (Å²) in [6.07, 6.45) is 1.68. The number of imide groups is 1. The van der Waals surface area contributed by atoms with E-state index < -0.39 is 0 Å². The van der Waals surface area contributed by atoms with Gasteiger partial charge in [0, 0.05) is 5.02 Å². The van der Waals surface area contributed by atoms with Crippen molar-refractivity contribution in [2.24, 2.45) is 0 Å². The molecule has 3 aromatic rings. The van der Waals surface area contributed by atoms with Crippen molar-refractivity contribution in [2.45, 2.75) is 13.5 Å². The standard InChI is InChI=1S/C25H19ClINO4S/c1-15-5-3-6-16(9-15)14-32-23-20(27)10-17(11-21(23)31-2)12-22-24(29)28(25(30)33-22)19-8-4-7-18(26)13-19/h3-13H,14H2,1-2H3/b22-12+. The van der Waals surface area contributed by atoms with Crippen LogP contribution >= 0.6 is 46.0 Å². The average Bonchev–Trinajstić information content (AvgIpc) is 3.05. The molecule has 1 saturated heterocycles. The molecule has 4 rings (SSSR count). The highest BCUT2D eigenvalue weighted by Crippen LogP contribution is 2.39. The van der Waals surface area contributed by atoms with Crippen molar-refractivity contribution in [3.05, 3.63) is 90.9 Å². The molecule has 0 aromatic heterocycles. The number of hydrogen-bond donors (Lipinski definition) is 0. The number of aryl methyl sites for hydroxylation is 1. The van der Waals surface area contributed by atoms with Gasteiger partial charge in [0.15, 0.2) is 11.5 Å². The average molecular weight is 592 g/mol. The van der Waals surface area contributed by atoms with Crippen molar-refractivity contribution in [1.29, 1.82) is 0 Å².